The molecule has 1 heterocycles. The summed E-state index contributed by atoms with van der Waals surface area (Å²) in [5, 5.41) is 2.16. The molecule has 2 amide bonds. The van der Waals surface area contributed by atoms with Crippen molar-refractivity contribution in [1.82, 2.24) is 5.32 Å². The van der Waals surface area contributed by atoms with Crippen LogP contribution in [-0.4, -0.2) is 11.8 Å². The lowest BCUT2D eigenvalue weighted by atomic mass is 10.2. The average molecular weight is 295 g/mol. The van der Waals surface area contributed by atoms with Crippen molar-refractivity contribution < 1.29 is 9.59 Å². The predicted molar refractivity (Wildman–Crippen MR) is 51.8 cm³/mol. The highest BCUT2D eigenvalue weighted by atomic mass is 79.9. The Morgan fingerprint density at radius 1 is 1.58 bits per heavy atom. The van der Waals surface area contributed by atoms with E-state index in [0.29, 0.717) is 12.0 Å². The van der Waals surface area contributed by atoms with Crippen LogP contribution in [0.1, 0.15) is 6.42 Å². The largest absolute Gasteiger partial charge is 0.289 e. The van der Waals surface area contributed by atoms with Crippen LogP contribution in [0.25, 0.3) is 0 Å². The monoisotopic (exact) mass is 293 g/mol. The second-order valence-corrected chi connectivity index (χ2v) is 3.70. The summed E-state index contributed by atoms with van der Waals surface area (Å²) in [6.45, 7) is 0. The minimum Gasteiger partial charge on any atom is -0.289 e. The van der Waals surface area contributed by atoms with E-state index >= 15 is 0 Å². The van der Waals surface area contributed by atoms with Crippen LogP contribution in [-0.2, 0) is 9.59 Å². The lowest BCUT2D eigenvalue weighted by Crippen LogP contribution is -2.22. The first-order chi connectivity index (χ1) is 5.63. The zero-order chi connectivity index (χ0) is 9.14. The Kier molecular flexibility index (Phi) is 3.22. The summed E-state index contributed by atoms with van der Waals surface area (Å²) in [5.41, 5.74) is 0.475. The molecule has 0 saturated carbocycles. The molecule has 0 bridgehead atoms. The lowest BCUT2D eigenvalue weighted by Gasteiger charge is -1.96. The predicted octanol–water partition coefficient (Wildman–Crippen LogP) is 1.59. The maximum atomic E-state index is 11.0. The van der Waals surface area contributed by atoms with Gasteiger partial charge < -0.3 is 0 Å². The first-order valence-corrected chi connectivity index (χ1v) is 4.85. The van der Waals surface area contributed by atoms with Crippen molar-refractivity contribution in [2.24, 2.45) is 0 Å². The molecule has 0 aromatic rings. The van der Waals surface area contributed by atoms with Gasteiger partial charge in [-0.1, -0.05) is 31.9 Å². The topological polar surface area (TPSA) is 46.2 Å². The van der Waals surface area contributed by atoms with Gasteiger partial charge in [-0.05, 0) is 4.99 Å². The van der Waals surface area contributed by atoms with E-state index in [4.69, 9.17) is 0 Å². The fourth-order valence-electron chi connectivity index (χ4n) is 0.804. The molecule has 0 radical (unpaired) electrons. The molecule has 64 valence electrons. The van der Waals surface area contributed by atoms with Crippen LogP contribution in [0.5, 0.6) is 0 Å². The van der Waals surface area contributed by atoms with Crippen LogP contribution < -0.4 is 5.32 Å². The second kappa shape index (κ2) is 4.00. The molecule has 0 saturated heterocycles. The number of amides is 2. The third-order valence-corrected chi connectivity index (χ3v) is 2.99. The summed E-state index contributed by atoms with van der Waals surface area (Å²) in [4.78, 5) is 23.3. The van der Waals surface area contributed by atoms with Gasteiger partial charge in [-0.15, -0.1) is 0 Å². The standard InChI is InChI=1S/C7H5Br2NO2/c8-3-5(9)1-4-2-6(11)10-7(4)12/h2-3H,1H2,(H,10,11,12). The Labute approximate surface area is 86.2 Å². The van der Waals surface area contributed by atoms with E-state index in [-0.39, 0.29) is 11.8 Å². The SMILES string of the molecule is O=C1C=C(CC(Br)=CBr)C(=O)N1. The van der Waals surface area contributed by atoms with Crippen LogP contribution in [0, 0.1) is 0 Å². The minimum atomic E-state index is -0.343. The molecule has 1 aliphatic rings. The Morgan fingerprint density at radius 3 is 2.67 bits per heavy atom. The Bertz CT molecular complexity index is 294. The number of carbonyl (C=O) groups excluding carboxylic acids is 2. The van der Waals surface area contributed by atoms with E-state index in [9.17, 15) is 9.59 Å². The van der Waals surface area contributed by atoms with Crippen molar-refractivity contribution in [3.63, 3.8) is 0 Å². The van der Waals surface area contributed by atoms with Crippen molar-refractivity contribution in [2.45, 2.75) is 6.42 Å². The molecule has 0 aromatic heterocycles. The molecule has 1 rings (SSSR count). The Hall–Kier alpha value is -0.420. The van der Waals surface area contributed by atoms with E-state index in [2.05, 4.69) is 37.2 Å². The molecule has 1 aliphatic heterocycles. The number of halogens is 2. The highest BCUT2D eigenvalue weighted by molar-refractivity contribution is 9.14. The van der Waals surface area contributed by atoms with E-state index in [0.717, 1.165) is 4.48 Å². The Morgan fingerprint density at radius 2 is 2.25 bits per heavy atom. The molecule has 5 heteroatoms. The maximum Gasteiger partial charge on any atom is 0.254 e. The second-order valence-electron chi connectivity index (χ2n) is 2.22. The van der Waals surface area contributed by atoms with Gasteiger partial charge in [-0.3, -0.25) is 14.9 Å². The number of imide groups is 1. The highest BCUT2D eigenvalue weighted by Gasteiger charge is 2.20. The van der Waals surface area contributed by atoms with Crippen molar-refractivity contribution in [2.75, 3.05) is 0 Å². The number of allylic oxidation sites excluding steroid dienone is 1. The van der Waals surface area contributed by atoms with Crippen molar-refractivity contribution in [3.05, 3.63) is 21.1 Å². The van der Waals surface area contributed by atoms with Crippen molar-refractivity contribution in [3.8, 4) is 0 Å². The average Bonchev–Trinajstić information content (AvgIpc) is 2.30. The first kappa shape index (κ1) is 9.67. The zero-order valence-electron chi connectivity index (χ0n) is 5.93. The van der Waals surface area contributed by atoms with Crippen molar-refractivity contribution >= 4 is 43.7 Å². The van der Waals surface area contributed by atoms with Gasteiger partial charge in [0.2, 0.25) is 0 Å². The van der Waals surface area contributed by atoms with E-state index < -0.39 is 0 Å². The number of hydrogen-bond acceptors (Lipinski definition) is 2. The summed E-state index contributed by atoms with van der Waals surface area (Å²) in [6.07, 6.45) is 1.74. The fraction of sp³-hybridized carbons (Fsp3) is 0.143. The molecular weight excluding hydrogens is 290 g/mol. The number of nitrogens with one attached hydrogen (secondary N) is 1. The molecule has 0 spiro atoms. The van der Waals surface area contributed by atoms with Crippen LogP contribution in [0.2, 0.25) is 0 Å². The molecule has 0 unspecified atom stereocenters. The van der Waals surface area contributed by atoms with Gasteiger partial charge in [0.1, 0.15) is 0 Å². The quantitative estimate of drug-likeness (QED) is 0.786. The van der Waals surface area contributed by atoms with Crippen LogP contribution >= 0.6 is 31.9 Å². The number of hydrogen-bond donors (Lipinski definition) is 1. The lowest BCUT2D eigenvalue weighted by molar-refractivity contribution is -0.123. The van der Waals surface area contributed by atoms with Crippen LogP contribution in [0.15, 0.2) is 21.1 Å². The summed E-state index contributed by atoms with van der Waals surface area (Å²) >= 11 is 6.32. The van der Waals surface area contributed by atoms with Crippen LogP contribution in [0.3, 0.4) is 0 Å². The minimum absolute atomic E-state index is 0.314. The third kappa shape index (κ3) is 2.28. The van der Waals surface area contributed by atoms with Gasteiger partial charge >= 0.3 is 0 Å². The molecule has 0 atom stereocenters. The van der Waals surface area contributed by atoms with Gasteiger partial charge in [0.15, 0.2) is 0 Å². The maximum absolute atomic E-state index is 11.0. The zero-order valence-corrected chi connectivity index (χ0v) is 9.11. The fourth-order valence-corrected chi connectivity index (χ4v) is 1.27. The van der Waals surface area contributed by atoms with Gasteiger partial charge in [0.25, 0.3) is 11.8 Å². The molecular formula is C7H5Br2NO2. The highest BCUT2D eigenvalue weighted by Crippen LogP contribution is 2.20. The molecule has 0 aliphatic carbocycles. The first-order valence-electron chi connectivity index (χ1n) is 3.14. The number of rotatable bonds is 2. The van der Waals surface area contributed by atoms with E-state index in [1.807, 2.05) is 0 Å². The summed E-state index contributed by atoms with van der Waals surface area (Å²) < 4.78 is 0.818. The summed E-state index contributed by atoms with van der Waals surface area (Å²) in [5.74, 6) is -0.656. The van der Waals surface area contributed by atoms with Crippen molar-refractivity contribution in [1.29, 1.82) is 0 Å². The Balaban J connectivity index is 2.70. The molecule has 0 fully saturated rings. The van der Waals surface area contributed by atoms with Gasteiger partial charge in [-0.25, -0.2) is 0 Å². The summed E-state index contributed by atoms with van der Waals surface area (Å²) in [6, 6.07) is 0. The summed E-state index contributed by atoms with van der Waals surface area (Å²) in [7, 11) is 0. The smallest absolute Gasteiger partial charge is 0.254 e. The van der Waals surface area contributed by atoms with E-state index in [1.54, 1.807) is 4.99 Å². The molecule has 12 heavy (non-hydrogen) atoms. The van der Waals surface area contributed by atoms with Crippen LogP contribution in [0.4, 0.5) is 0 Å². The normalized spacial score (nSPS) is 17.8. The molecule has 0 aromatic carbocycles. The van der Waals surface area contributed by atoms with Gasteiger partial charge in [-0.2, -0.15) is 0 Å². The molecule has 1 N–H and O–H groups in total. The van der Waals surface area contributed by atoms with Gasteiger partial charge in [0, 0.05) is 22.6 Å². The van der Waals surface area contributed by atoms with Gasteiger partial charge in [0.05, 0.1) is 0 Å². The number of carbonyl (C=O) groups is 2. The van der Waals surface area contributed by atoms with E-state index in [1.165, 1.54) is 6.08 Å². The third-order valence-electron chi connectivity index (χ3n) is 1.31. The molecule has 3 nitrogen and oxygen atoms in total.